The summed E-state index contributed by atoms with van der Waals surface area (Å²) in [6.07, 6.45) is 3.75. The number of amides is 2. The number of rotatable bonds is 4. The van der Waals surface area contributed by atoms with Gasteiger partial charge in [0.25, 0.3) is 11.8 Å². The Morgan fingerprint density at radius 1 is 1.12 bits per heavy atom. The molecule has 124 valence electrons. The highest BCUT2D eigenvalue weighted by Crippen LogP contribution is 2.17. The third kappa shape index (κ3) is 4.13. The summed E-state index contributed by atoms with van der Waals surface area (Å²) in [7, 11) is 0. The average molecular weight is 405 g/mol. The van der Waals surface area contributed by atoms with E-state index in [-0.39, 0.29) is 11.8 Å². The SMILES string of the molecule is O=C(N/C(=C/c1ccc(Br)cc1)C(=O)N1CCCC1)c1cccs1. The van der Waals surface area contributed by atoms with Crippen molar-refractivity contribution in [3.8, 4) is 0 Å². The van der Waals surface area contributed by atoms with Crippen molar-refractivity contribution in [3.63, 3.8) is 0 Å². The molecule has 2 aromatic rings. The lowest BCUT2D eigenvalue weighted by atomic mass is 10.2. The van der Waals surface area contributed by atoms with Crippen LogP contribution in [0.2, 0.25) is 0 Å². The molecule has 1 aromatic carbocycles. The van der Waals surface area contributed by atoms with Crippen molar-refractivity contribution in [1.29, 1.82) is 0 Å². The number of halogens is 1. The van der Waals surface area contributed by atoms with Crippen molar-refractivity contribution in [2.75, 3.05) is 13.1 Å². The van der Waals surface area contributed by atoms with Gasteiger partial charge in [-0.1, -0.05) is 34.1 Å². The Bertz CT molecular complexity index is 748. The largest absolute Gasteiger partial charge is 0.337 e. The smallest absolute Gasteiger partial charge is 0.270 e. The molecule has 3 rings (SSSR count). The van der Waals surface area contributed by atoms with Crippen molar-refractivity contribution in [2.45, 2.75) is 12.8 Å². The fraction of sp³-hybridized carbons (Fsp3) is 0.222. The van der Waals surface area contributed by atoms with Crippen LogP contribution in [-0.2, 0) is 4.79 Å². The normalized spacial score (nSPS) is 14.7. The molecule has 4 nitrogen and oxygen atoms in total. The molecule has 0 unspecified atom stereocenters. The summed E-state index contributed by atoms with van der Waals surface area (Å²) < 4.78 is 0.967. The molecule has 1 saturated heterocycles. The molecule has 0 radical (unpaired) electrons. The van der Waals surface area contributed by atoms with Crippen LogP contribution < -0.4 is 5.32 Å². The van der Waals surface area contributed by atoms with E-state index in [2.05, 4.69) is 21.2 Å². The minimum Gasteiger partial charge on any atom is -0.337 e. The maximum Gasteiger partial charge on any atom is 0.270 e. The van der Waals surface area contributed by atoms with Gasteiger partial charge < -0.3 is 10.2 Å². The zero-order valence-corrected chi connectivity index (χ0v) is 15.4. The second-order valence-electron chi connectivity index (χ2n) is 5.54. The standard InChI is InChI=1S/C18H17BrN2O2S/c19-14-7-5-13(6-8-14)12-15(18(23)21-9-1-2-10-21)20-17(22)16-4-3-11-24-16/h3-8,11-12H,1-2,9-10H2,(H,20,22)/b15-12+. The Kier molecular flexibility index (Phi) is 5.48. The summed E-state index contributed by atoms with van der Waals surface area (Å²) in [6, 6.07) is 11.2. The first-order valence-corrected chi connectivity index (χ1v) is 9.42. The summed E-state index contributed by atoms with van der Waals surface area (Å²) >= 11 is 4.75. The van der Waals surface area contributed by atoms with Crippen molar-refractivity contribution >= 4 is 45.2 Å². The van der Waals surface area contributed by atoms with Gasteiger partial charge in [-0.05, 0) is 48.1 Å². The summed E-state index contributed by atoms with van der Waals surface area (Å²) in [4.78, 5) is 27.5. The number of nitrogens with zero attached hydrogens (tertiary/aromatic N) is 1. The Morgan fingerprint density at radius 3 is 2.46 bits per heavy atom. The number of benzene rings is 1. The maximum atomic E-state index is 12.8. The third-order valence-electron chi connectivity index (χ3n) is 3.80. The quantitative estimate of drug-likeness (QED) is 0.785. The highest BCUT2D eigenvalue weighted by Gasteiger charge is 2.23. The minimum atomic E-state index is -0.249. The van der Waals surface area contributed by atoms with Crippen LogP contribution in [0.5, 0.6) is 0 Å². The minimum absolute atomic E-state index is 0.125. The van der Waals surface area contributed by atoms with Crippen LogP contribution >= 0.6 is 27.3 Å². The van der Waals surface area contributed by atoms with E-state index in [4.69, 9.17) is 0 Å². The molecule has 0 aliphatic carbocycles. The molecular weight excluding hydrogens is 388 g/mol. The van der Waals surface area contributed by atoms with Gasteiger partial charge in [0.2, 0.25) is 0 Å². The van der Waals surface area contributed by atoms with Gasteiger partial charge in [-0.3, -0.25) is 9.59 Å². The van der Waals surface area contributed by atoms with Gasteiger partial charge >= 0.3 is 0 Å². The predicted octanol–water partition coefficient (Wildman–Crippen LogP) is 3.90. The van der Waals surface area contributed by atoms with E-state index >= 15 is 0 Å². The number of likely N-dealkylation sites (tertiary alicyclic amines) is 1. The Hall–Kier alpha value is -1.92. The van der Waals surface area contributed by atoms with Crippen molar-refractivity contribution in [1.82, 2.24) is 10.2 Å². The fourth-order valence-electron chi connectivity index (χ4n) is 2.56. The molecule has 1 aliphatic heterocycles. The van der Waals surface area contributed by atoms with Crippen molar-refractivity contribution in [2.24, 2.45) is 0 Å². The first-order valence-electron chi connectivity index (χ1n) is 7.75. The van der Waals surface area contributed by atoms with Crippen LogP contribution in [0.3, 0.4) is 0 Å². The Labute approximate surface area is 153 Å². The second-order valence-corrected chi connectivity index (χ2v) is 7.40. The van der Waals surface area contributed by atoms with E-state index in [1.807, 2.05) is 35.7 Å². The fourth-order valence-corrected chi connectivity index (χ4v) is 3.44. The van der Waals surface area contributed by atoms with Crippen LogP contribution in [0.4, 0.5) is 0 Å². The average Bonchev–Trinajstić information content (AvgIpc) is 3.29. The molecule has 24 heavy (non-hydrogen) atoms. The lowest BCUT2D eigenvalue weighted by molar-refractivity contribution is -0.126. The van der Waals surface area contributed by atoms with Gasteiger partial charge in [0.05, 0.1) is 4.88 Å². The van der Waals surface area contributed by atoms with E-state index in [0.717, 1.165) is 36.0 Å². The molecule has 1 N–H and O–H groups in total. The van der Waals surface area contributed by atoms with Gasteiger partial charge in [-0.25, -0.2) is 0 Å². The molecule has 0 bridgehead atoms. The number of thiophene rings is 1. The van der Waals surface area contributed by atoms with Crippen LogP contribution in [0.15, 0.2) is 51.9 Å². The highest BCUT2D eigenvalue weighted by molar-refractivity contribution is 9.10. The molecule has 2 amide bonds. The number of carbonyl (C=O) groups is 2. The summed E-state index contributed by atoms with van der Waals surface area (Å²) in [6.45, 7) is 1.48. The van der Waals surface area contributed by atoms with Crippen molar-refractivity contribution in [3.05, 3.63) is 62.4 Å². The molecule has 0 saturated carbocycles. The molecule has 2 heterocycles. The predicted molar refractivity (Wildman–Crippen MR) is 99.7 cm³/mol. The van der Waals surface area contributed by atoms with Crippen LogP contribution in [0, 0.1) is 0 Å². The lowest BCUT2D eigenvalue weighted by Gasteiger charge is -2.18. The molecule has 1 fully saturated rings. The molecule has 1 aromatic heterocycles. The number of nitrogens with one attached hydrogen (secondary N) is 1. The summed E-state index contributed by atoms with van der Waals surface area (Å²) in [5.41, 5.74) is 1.19. The van der Waals surface area contributed by atoms with E-state index in [1.165, 1.54) is 11.3 Å². The van der Waals surface area contributed by atoms with E-state index < -0.39 is 0 Å². The zero-order valence-electron chi connectivity index (χ0n) is 13.0. The van der Waals surface area contributed by atoms with E-state index in [1.54, 1.807) is 17.0 Å². The Balaban J connectivity index is 1.86. The zero-order chi connectivity index (χ0) is 16.9. The lowest BCUT2D eigenvalue weighted by Crippen LogP contribution is -2.36. The second kappa shape index (κ2) is 7.77. The van der Waals surface area contributed by atoms with E-state index in [9.17, 15) is 9.59 Å². The van der Waals surface area contributed by atoms with E-state index in [0.29, 0.717) is 10.6 Å². The van der Waals surface area contributed by atoms with Gasteiger partial charge in [-0.15, -0.1) is 11.3 Å². The molecule has 0 spiro atoms. The van der Waals surface area contributed by atoms with Crippen LogP contribution in [0.25, 0.3) is 6.08 Å². The molecule has 1 aliphatic rings. The highest BCUT2D eigenvalue weighted by atomic mass is 79.9. The van der Waals surface area contributed by atoms with Gasteiger partial charge in [-0.2, -0.15) is 0 Å². The summed E-state index contributed by atoms with van der Waals surface area (Å²) in [5.74, 6) is -0.374. The van der Waals surface area contributed by atoms with Gasteiger partial charge in [0, 0.05) is 17.6 Å². The maximum absolute atomic E-state index is 12.8. The Morgan fingerprint density at radius 2 is 1.83 bits per heavy atom. The number of hydrogen-bond donors (Lipinski definition) is 1. The molecular formula is C18H17BrN2O2S. The molecule has 6 heteroatoms. The van der Waals surface area contributed by atoms with Gasteiger partial charge in [0.1, 0.15) is 5.70 Å². The van der Waals surface area contributed by atoms with Crippen LogP contribution in [0.1, 0.15) is 28.1 Å². The first-order chi connectivity index (χ1) is 11.6. The number of carbonyl (C=O) groups excluding carboxylic acids is 2. The van der Waals surface area contributed by atoms with Gasteiger partial charge in [0.15, 0.2) is 0 Å². The third-order valence-corrected chi connectivity index (χ3v) is 5.20. The topological polar surface area (TPSA) is 49.4 Å². The molecule has 0 atom stereocenters. The number of hydrogen-bond acceptors (Lipinski definition) is 3. The monoisotopic (exact) mass is 404 g/mol. The van der Waals surface area contributed by atoms with Crippen molar-refractivity contribution < 1.29 is 9.59 Å². The van der Waals surface area contributed by atoms with Crippen LogP contribution in [-0.4, -0.2) is 29.8 Å². The first kappa shape index (κ1) is 16.9. The summed E-state index contributed by atoms with van der Waals surface area (Å²) in [5, 5.41) is 4.63.